The fourth-order valence-electron chi connectivity index (χ4n) is 3.11. The molecule has 0 spiro atoms. The molecule has 3 rings (SSSR count). The maximum atomic E-state index is 9.20. The largest absolute Gasteiger partial charge is 0.473 e. The minimum absolute atomic E-state index is 0.0271. The molecule has 7 heteroatoms. The molecule has 0 bridgehead atoms. The normalized spacial score (nSPS) is 23.5. The molecule has 1 N–H and O–H groups in total. The third-order valence-corrected chi connectivity index (χ3v) is 4.59. The summed E-state index contributed by atoms with van der Waals surface area (Å²) in [7, 11) is 2.11. The van der Waals surface area contributed by atoms with Crippen molar-refractivity contribution in [3.63, 3.8) is 0 Å². The quantitative estimate of drug-likeness (QED) is 0.872. The molecule has 2 atom stereocenters. The van der Waals surface area contributed by atoms with Crippen LogP contribution in [0.3, 0.4) is 0 Å². The van der Waals surface area contributed by atoms with Gasteiger partial charge in [0.2, 0.25) is 11.7 Å². The van der Waals surface area contributed by atoms with Gasteiger partial charge >= 0.3 is 0 Å². The van der Waals surface area contributed by atoms with Crippen molar-refractivity contribution in [2.45, 2.75) is 31.9 Å². The van der Waals surface area contributed by atoms with Crippen molar-refractivity contribution in [3.8, 4) is 11.9 Å². The van der Waals surface area contributed by atoms with Gasteiger partial charge < -0.3 is 19.9 Å². The second-order valence-corrected chi connectivity index (χ2v) is 6.32. The van der Waals surface area contributed by atoms with Crippen LogP contribution in [0.25, 0.3) is 0 Å². The third-order valence-electron chi connectivity index (χ3n) is 4.59. The van der Waals surface area contributed by atoms with Crippen LogP contribution in [-0.4, -0.2) is 66.8 Å². The molecule has 2 aliphatic heterocycles. The van der Waals surface area contributed by atoms with Gasteiger partial charge in [-0.25, -0.2) is 4.98 Å². The predicted molar refractivity (Wildman–Crippen MR) is 87.6 cm³/mol. The lowest BCUT2D eigenvalue weighted by Gasteiger charge is -2.33. The topological polar surface area (TPSA) is 77.3 Å². The number of nitrogens with zero attached hydrogens (tertiary/aromatic N) is 5. The zero-order chi connectivity index (χ0) is 16.2. The Morgan fingerprint density at radius 1 is 1.35 bits per heavy atom. The van der Waals surface area contributed by atoms with E-state index < -0.39 is 0 Å². The van der Waals surface area contributed by atoms with Crippen LogP contribution in [0.1, 0.15) is 25.6 Å². The molecule has 1 aromatic heterocycles. The van der Waals surface area contributed by atoms with Crippen molar-refractivity contribution in [1.29, 1.82) is 5.26 Å². The average molecular weight is 316 g/mol. The molecule has 2 fully saturated rings. The second-order valence-electron chi connectivity index (χ2n) is 6.32. The lowest BCUT2D eigenvalue weighted by atomic mass is 10.1. The Morgan fingerprint density at radius 2 is 2.13 bits per heavy atom. The monoisotopic (exact) mass is 316 g/mol. The standard InChI is InChI=1S/C16H24N6O/c1-12(13-4-3-5-18-13)23-16-10-15(19-14(11-17)20-16)22-8-6-21(2)7-9-22/h10,12-13,18H,3-9H2,1-2H3/t12-,13-/m0/s1. The number of hydrogen-bond acceptors (Lipinski definition) is 7. The van der Waals surface area contributed by atoms with Crippen LogP contribution < -0.4 is 15.0 Å². The number of nitriles is 1. The SMILES string of the molecule is C[C@H](Oc1cc(N2CCN(C)CC2)nc(C#N)n1)[C@@H]1CCCN1. The first-order chi connectivity index (χ1) is 11.2. The molecule has 0 radical (unpaired) electrons. The van der Waals surface area contributed by atoms with E-state index >= 15 is 0 Å². The number of nitrogens with one attached hydrogen (secondary N) is 1. The molecule has 1 aromatic rings. The molecule has 0 amide bonds. The number of likely N-dealkylation sites (N-methyl/N-ethyl adjacent to an activating group) is 1. The van der Waals surface area contributed by atoms with Crippen molar-refractivity contribution >= 4 is 5.82 Å². The number of aromatic nitrogens is 2. The Kier molecular flexibility index (Phi) is 4.94. The zero-order valence-electron chi connectivity index (χ0n) is 13.8. The maximum absolute atomic E-state index is 9.20. The van der Waals surface area contributed by atoms with Crippen molar-refractivity contribution in [3.05, 3.63) is 11.9 Å². The molecule has 0 unspecified atom stereocenters. The summed E-state index contributed by atoms with van der Waals surface area (Å²) in [5.74, 6) is 1.45. The molecule has 0 saturated carbocycles. The van der Waals surface area contributed by atoms with E-state index in [9.17, 15) is 5.26 Å². The summed E-state index contributed by atoms with van der Waals surface area (Å²) in [6.45, 7) is 6.87. The third kappa shape index (κ3) is 3.89. The summed E-state index contributed by atoms with van der Waals surface area (Å²) >= 11 is 0. The number of hydrogen-bond donors (Lipinski definition) is 1. The predicted octanol–water partition coefficient (Wildman–Crippen LogP) is 0.619. The van der Waals surface area contributed by atoms with E-state index in [-0.39, 0.29) is 11.9 Å². The maximum Gasteiger partial charge on any atom is 0.237 e. The summed E-state index contributed by atoms with van der Waals surface area (Å²) < 4.78 is 5.99. The molecule has 2 saturated heterocycles. The molecule has 23 heavy (non-hydrogen) atoms. The Labute approximate surface area is 137 Å². The van der Waals surface area contributed by atoms with Crippen molar-refractivity contribution in [2.75, 3.05) is 44.7 Å². The van der Waals surface area contributed by atoms with Gasteiger partial charge in [0.05, 0.1) is 0 Å². The summed E-state index contributed by atoms with van der Waals surface area (Å²) in [5.41, 5.74) is 0. The first-order valence-corrected chi connectivity index (χ1v) is 8.28. The smallest absolute Gasteiger partial charge is 0.237 e. The van der Waals surface area contributed by atoms with E-state index in [0.717, 1.165) is 45.0 Å². The van der Waals surface area contributed by atoms with Gasteiger partial charge in [0.25, 0.3) is 0 Å². The fraction of sp³-hybridized carbons (Fsp3) is 0.688. The van der Waals surface area contributed by atoms with Crippen LogP contribution >= 0.6 is 0 Å². The van der Waals surface area contributed by atoms with E-state index in [1.807, 2.05) is 19.1 Å². The zero-order valence-corrected chi connectivity index (χ0v) is 13.8. The van der Waals surface area contributed by atoms with E-state index in [0.29, 0.717) is 11.9 Å². The number of rotatable bonds is 4. The van der Waals surface area contributed by atoms with Gasteiger partial charge in [0, 0.05) is 38.3 Å². The van der Waals surface area contributed by atoms with Crippen molar-refractivity contribution in [2.24, 2.45) is 0 Å². The number of anilines is 1. The highest BCUT2D eigenvalue weighted by Gasteiger charge is 2.24. The fourth-order valence-corrected chi connectivity index (χ4v) is 3.11. The van der Waals surface area contributed by atoms with Gasteiger partial charge in [-0.05, 0) is 33.4 Å². The Balaban J connectivity index is 1.74. The molecule has 124 valence electrons. The van der Waals surface area contributed by atoms with E-state index in [2.05, 4.69) is 32.1 Å². The van der Waals surface area contributed by atoms with Gasteiger partial charge in [-0.15, -0.1) is 0 Å². The van der Waals surface area contributed by atoms with Crippen LogP contribution in [0, 0.1) is 11.3 Å². The van der Waals surface area contributed by atoms with E-state index in [4.69, 9.17) is 4.74 Å². The summed E-state index contributed by atoms with van der Waals surface area (Å²) in [5, 5.41) is 12.6. The minimum Gasteiger partial charge on any atom is -0.473 e. The van der Waals surface area contributed by atoms with E-state index in [1.165, 1.54) is 6.42 Å². The van der Waals surface area contributed by atoms with Crippen molar-refractivity contribution < 1.29 is 4.74 Å². The lowest BCUT2D eigenvalue weighted by molar-refractivity contribution is 0.172. The van der Waals surface area contributed by atoms with Gasteiger partial charge in [-0.3, -0.25) is 0 Å². The van der Waals surface area contributed by atoms with Crippen LogP contribution in [0.4, 0.5) is 5.82 Å². The van der Waals surface area contributed by atoms with Crippen LogP contribution in [0.15, 0.2) is 6.07 Å². The van der Waals surface area contributed by atoms with Crippen LogP contribution in [-0.2, 0) is 0 Å². The molecule has 0 aromatic carbocycles. The van der Waals surface area contributed by atoms with Gasteiger partial charge in [-0.2, -0.15) is 10.2 Å². The molecule has 7 nitrogen and oxygen atoms in total. The highest BCUT2D eigenvalue weighted by atomic mass is 16.5. The highest BCUT2D eigenvalue weighted by molar-refractivity contribution is 5.44. The Bertz CT molecular complexity index is 572. The number of piperazine rings is 1. The van der Waals surface area contributed by atoms with Crippen molar-refractivity contribution in [1.82, 2.24) is 20.2 Å². The first-order valence-electron chi connectivity index (χ1n) is 8.28. The average Bonchev–Trinajstić information content (AvgIpc) is 3.10. The van der Waals surface area contributed by atoms with Gasteiger partial charge in [0.1, 0.15) is 18.0 Å². The van der Waals surface area contributed by atoms with E-state index in [1.54, 1.807) is 0 Å². The highest BCUT2D eigenvalue weighted by Crippen LogP contribution is 2.21. The Hall–Kier alpha value is -1.91. The minimum atomic E-state index is 0.0271. The summed E-state index contributed by atoms with van der Waals surface area (Å²) in [6, 6.07) is 4.25. The van der Waals surface area contributed by atoms with Crippen LogP contribution in [0.5, 0.6) is 5.88 Å². The molecular formula is C16H24N6O. The molecule has 0 aliphatic carbocycles. The van der Waals surface area contributed by atoms with Crippen LogP contribution in [0.2, 0.25) is 0 Å². The molecular weight excluding hydrogens is 292 g/mol. The number of ether oxygens (including phenoxy) is 1. The molecule has 3 heterocycles. The summed E-state index contributed by atoms with van der Waals surface area (Å²) in [4.78, 5) is 13.0. The molecule has 2 aliphatic rings. The summed E-state index contributed by atoms with van der Waals surface area (Å²) in [6.07, 6.45) is 2.32. The van der Waals surface area contributed by atoms with Gasteiger partial charge in [0.15, 0.2) is 0 Å². The first kappa shape index (κ1) is 16.0. The Morgan fingerprint density at radius 3 is 2.78 bits per heavy atom. The lowest BCUT2D eigenvalue weighted by Crippen LogP contribution is -2.45. The van der Waals surface area contributed by atoms with Gasteiger partial charge in [-0.1, -0.05) is 0 Å². The second kappa shape index (κ2) is 7.11.